The predicted octanol–water partition coefficient (Wildman–Crippen LogP) is 1.54. The van der Waals surface area contributed by atoms with Crippen LogP contribution in [0, 0.1) is 11.8 Å². The maximum Gasteiger partial charge on any atom is 0.244 e. The lowest BCUT2D eigenvalue weighted by Gasteiger charge is -2.16. The Kier molecular flexibility index (Phi) is 3.88. The van der Waals surface area contributed by atoms with Crippen molar-refractivity contribution in [3.05, 3.63) is 18.0 Å². The molecule has 2 heterocycles. The summed E-state index contributed by atoms with van der Waals surface area (Å²) in [4.78, 5) is 3.46. The molecule has 20 heavy (non-hydrogen) atoms. The third kappa shape index (κ3) is 2.52. The van der Waals surface area contributed by atoms with Gasteiger partial charge >= 0.3 is 0 Å². The van der Waals surface area contributed by atoms with E-state index in [9.17, 15) is 8.42 Å². The molecule has 0 spiro atoms. The molecule has 2 atom stereocenters. The fourth-order valence-corrected chi connectivity index (χ4v) is 5.04. The van der Waals surface area contributed by atoms with Gasteiger partial charge in [-0.2, -0.15) is 4.31 Å². The summed E-state index contributed by atoms with van der Waals surface area (Å²) >= 11 is 0. The van der Waals surface area contributed by atoms with Crippen LogP contribution in [-0.2, 0) is 16.6 Å². The fourth-order valence-electron chi connectivity index (χ4n) is 3.47. The van der Waals surface area contributed by atoms with E-state index >= 15 is 0 Å². The molecule has 0 amide bonds. The Morgan fingerprint density at radius 1 is 1.35 bits per heavy atom. The smallest absolute Gasteiger partial charge is 0.244 e. The molecule has 1 aromatic heterocycles. The molecule has 5 nitrogen and oxygen atoms in total. The first-order valence-corrected chi connectivity index (χ1v) is 8.93. The molecule has 112 valence electrons. The largest absolute Gasteiger partial charge is 0.363 e. The maximum atomic E-state index is 12.6. The average molecular weight is 297 g/mol. The number of hydrogen-bond acceptors (Lipinski definition) is 3. The van der Waals surface area contributed by atoms with Crippen LogP contribution < -0.4 is 5.32 Å². The highest BCUT2D eigenvalue weighted by Gasteiger charge is 2.41. The number of nitrogens with zero attached hydrogens (tertiary/aromatic N) is 1. The highest BCUT2D eigenvalue weighted by Crippen LogP contribution is 2.39. The molecule has 1 aliphatic heterocycles. The van der Waals surface area contributed by atoms with Crippen LogP contribution in [0.1, 0.15) is 31.9 Å². The molecular formula is C14H23N3O2S. The number of hydrogen-bond donors (Lipinski definition) is 2. The van der Waals surface area contributed by atoms with Gasteiger partial charge < -0.3 is 10.3 Å². The zero-order valence-corrected chi connectivity index (χ0v) is 12.7. The van der Waals surface area contributed by atoms with Gasteiger partial charge in [-0.3, -0.25) is 0 Å². The summed E-state index contributed by atoms with van der Waals surface area (Å²) < 4.78 is 27.0. The van der Waals surface area contributed by atoms with E-state index in [1.165, 1.54) is 19.3 Å². The summed E-state index contributed by atoms with van der Waals surface area (Å²) in [6.07, 6.45) is 5.27. The van der Waals surface area contributed by atoms with Gasteiger partial charge in [0.25, 0.3) is 0 Å². The van der Waals surface area contributed by atoms with Gasteiger partial charge in [0.2, 0.25) is 10.0 Å². The SMILES string of the molecule is CCNCc1cc(S(=O)(=O)N2CC3CCCC3C2)c[nH]1. The number of fused-ring (bicyclic) bond motifs is 1. The van der Waals surface area contributed by atoms with Gasteiger partial charge in [-0.15, -0.1) is 0 Å². The number of aromatic nitrogens is 1. The molecule has 0 radical (unpaired) electrons. The molecule has 3 rings (SSSR count). The fraction of sp³-hybridized carbons (Fsp3) is 0.714. The van der Waals surface area contributed by atoms with Gasteiger partial charge in [-0.25, -0.2) is 8.42 Å². The van der Waals surface area contributed by atoms with Gasteiger partial charge in [0.1, 0.15) is 0 Å². The van der Waals surface area contributed by atoms with Crippen LogP contribution in [0.15, 0.2) is 17.2 Å². The van der Waals surface area contributed by atoms with E-state index < -0.39 is 10.0 Å². The zero-order valence-electron chi connectivity index (χ0n) is 11.9. The van der Waals surface area contributed by atoms with Gasteiger partial charge in [0.05, 0.1) is 4.90 Å². The first-order chi connectivity index (χ1) is 9.61. The molecule has 1 saturated carbocycles. The molecule has 2 N–H and O–H groups in total. The minimum absolute atomic E-state index is 0.408. The Labute approximate surface area is 120 Å². The lowest BCUT2D eigenvalue weighted by Crippen LogP contribution is -2.29. The Bertz CT molecular complexity index is 555. The third-order valence-corrected chi connectivity index (χ3v) is 6.42. The van der Waals surface area contributed by atoms with Crippen molar-refractivity contribution < 1.29 is 8.42 Å². The molecule has 1 aromatic rings. The minimum Gasteiger partial charge on any atom is -0.363 e. The van der Waals surface area contributed by atoms with Crippen LogP contribution >= 0.6 is 0 Å². The van der Waals surface area contributed by atoms with Crippen LogP contribution in [0.5, 0.6) is 0 Å². The van der Waals surface area contributed by atoms with Crippen molar-refractivity contribution in [2.45, 2.75) is 37.6 Å². The molecule has 1 saturated heterocycles. The summed E-state index contributed by atoms with van der Waals surface area (Å²) in [5, 5.41) is 3.19. The Morgan fingerprint density at radius 2 is 2.05 bits per heavy atom. The molecule has 2 unspecified atom stereocenters. The van der Waals surface area contributed by atoms with Crippen LogP contribution in [0.25, 0.3) is 0 Å². The van der Waals surface area contributed by atoms with Gasteiger partial charge in [0.15, 0.2) is 0 Å². The number of nitrogens with one attached hydrogen (secondary N) is 2. The van der Waals surface area contributed by atoms with Crippen molar-refractivity contribution in [3.8, 4) is 0 Å². The second kappa shape index (κ2) is 5.50. The number of sulfonamides is 1. The summed E-state index contributed by atoms with van der Waals surface area (Å²) in [6.45, 7) is 5.00. The van der Waals surface area contributed by atoms with E-state index in [4.69, 9.17) is 0 Å². The van der Waals surface area contributed by atoms with Crippen LogP contribution in [-0.4, -0.2) is 37.3 Å². The number of H-pyrrole nitrogens is 1. The van der Waals surface area contributed by atoms with Crippen molar-refractivity contribution >= 4 is 10.0 Å². The minimum atomic E-state index is -3.31. The van der Waals surface area contributed by atoms with Gasteiger partial charge in [-0.05, 0) is 37.3 Å². The topological polar surface area (TPSA) is 65.2 Å². The van der Waals surface area contributed by atoms with Crippen LogP contribution in [0.2, 0.25) is 0 Å². The van der Waals surface area contributed by atoms with Crippen molar-refractivity contribution in [2.24, 2.45) is 11.8 Å². The van der Waals surface area contributed by atoms with Crippen LogP contribution in [0.4, 0.5) is 0 Å². The van der Waals surface area contributed by atoms with E-state index in [1.807, 2.05) is 6.92 Å². The molecule has 2 fully saturated rings. The van der Waals surface area contributed by atoms with Crippen molar-refractivity contribution in [1.29, 1.82) is 0 Å². The summed E-state index contributed by atoms with van der Waals surface area (Å²) in [7, 11) is -3.31. The Morgan fingerprint density at radius 3 is 2.70 bits per heavy atom. The summed E-state index contributed by atoms with van der Waals surface area (Å²) in [5.74, 6) is 1.18. The monoisotopic (exact) mass is 297 g/mol. The molecule has 0 bridgehead atoms. The first kappa shape index (κ1) is 14.1. The molecule has 0 aromatic carbocycles. The third-order valence-electron chi connectivity index (χ3n) is 4.61. The van der Waals surface area contributed by atoms with Crippen LogP contribution in [0.3, 0.4) is 0 Å². The van der Waals surface area contributed by atoms with Crippen molar-refractivity contribution in [2.75, 3.05) is 19.6 Å². The molecule has 2 aliphatic rings. The van der Waals surface area contributed by atoms with E-state index in [-0.39, 0.29) is 0 Å². The second-order valence-corrected chi connectivity index (χ2v) is 7.85. The highest BCUT2D eigenvalue weighted by atomic mass is 32.2. The van der Waals surface area contributed by atoms with E-state index in [0.29, 0.717) is 36.4 Å². The predicted molar refractivity (Wildman–Crippen MR) is 77.8 cm³/mol. The van der Waals surface area contributed by atoms with Crippen molar-refractivity contribution in [1.82, 2.24) is 14.6 Å². The first-order valence-electron chi connectivity index (χ1n) is 7.49. The van der Waals surface area contributed by atoms with E-state index in [0.717, 1.165) is 12.2 Å². The molecule has 1 aliphatic carbocycles. The van der Waals surface area contributed by atoms with E-state index in [1.54, 1.807) is 16.6 Å². The highest BCUT2D eigenvalue weighted by molar-refractivity contribution is 7.89. The number of aromatic amines is 1. The zero-order chi connectivity index (χ0) is 14.2. The van der Waals surface area contributed by atoms with E-state index in [2.05, 4.69) is 10.3 Å². The van der Waals surface area contributed by atoms with Gasteiger partial charge in [0, 0.05) is 31.5 Å². The molecular weight excluding hydrogens is 274 g/mol. The number of rotatable bonds is 5. The lowest BCUT2D eigenvalue weighted by molar-refractivity contribution is 0.445. The van der Waals surface area contributed by atoms with Gasteiger partial charge in [-0.1, -0.05) is 13.3 Å². The summed E-state index contributed by atoms with van der Waals surface area (Å²) in [5.41, 5.74) is 0.921. The normalized spacial score (nSPS) is 27.1. The molecule has 6 heteroatoms. The second-order valence-electron chi connectivity index (χ2n) is 5.91. The summed E-state index contributed by atoms with van der Waals surface area (Å²) in [6, 6.07) is 1.76. The Hall–Kier alpha value is -0.850. The van der Waals surface area contributed by atoms with Crippen molar-refractivity contribution in [3.63, 3.8) is 0 Å². The Balaban J connectivity index is 1.73. The quantitative estimate of drug-likeness (QED) is 0.866. The maximum absolute atomic E-state index is 12.6. The standard InChI is InChI=1S/C14H23N3O2S/c1-2-15-7-13-6-14(8-16-13)20(18,19)17-9-11-4-3-5-12(11)10-17/h6,8,11-12,15-16H,2-5,7,9-10H2,1H3. The average Bonchev–Trinajstić information content (AvgIpc) is 3.10. The lowest BCUT2D eigenvalue weighted by atomic mass is 10.0.